The highest BCUT2D eigenvalue weighted by Gasteiger charge is 2.17. The highest BCUT2D eigenvalue weighted by atomic mass is 16.3. The Morgan fingerprint density at radius 2 is 2.12 bits per heavy atom. The summed E-state index contributed by atoms with van der Waals surface area (Å²) in [6.07, 6.45) is 3.25. The smallest absolute Gasteiger partial charge is 0.230 e. The number of hydrogen-bond donors (Lipinski definition) is 1. The highest BCUT2D eigenvalue weighted by Crippen LogP contribution is 2.24. The average molecular weight is 225 g/mol. The number of H-pyrrole nitrogens is 1. The number of aromatic nitrogens is 1. The minimum atomic E-state index is -0.0875. The zero-order valence-corrected chi connectivity index (χ0v) is 9.36. The van der Waals surface area contributed by atoms with Gasteiger partial charge in [0.25, 0.3) is 0 Å². The number of hydrogen-bond acceptors (Lipinski definition) is 2. The second kappa shape index (κ2) is 3.63. The minimum Gasteiger partial charge on any atom is -0.461 e. The van der Waals surface area contributed by atoms with E-state index in [2.05, 4.69) is 4.98 Å². The van der Waals surface area contributed by atoms with Gasteiger partial charge in [0.1, 0.15) is 0 Å². The molecule has 1 aromatic carbocycles. The Labute approximate surface area is 98.1 Å². The van der Waals surface area contributed by atoms with E-state index in [0.717, 1.165) is 16.5 Å². The van der Waals surface area contributed by atoms with Crippen LogP contribution in [-0.2, 0) is 0 Å². The quantitative estimate of drug-likeness (QED) is 0.680. The molecule has 0 radical (unpaired) electrons. The summed E-state index contributed by atoms with van der Waals surface area (Å²) in [5, 5.41) is 0.967. The van der Waals surface area contributed by atoms with Crippen LogP contribution in [-0.4, -0.2) is 10.8 Å². The molecule has 17 heavy (non-hydrogen) atoms. The van der Waals surface area contributed by atoms with Gasteiger partial charge in [-0.3, -0.25) is 4.79 Å². The number of fused-ring (bicyclic) bond motifs is 1. The fourth-order valence-electron chi connectivity index (χ4n) is 2.09. The lowest BCUT2D eigenvalue weighted by atomic mass is 10.0. The van der Waals surface area contributed by atoms with Crippen LogP contribution < -0.4 is 0 Å². The monoisotopic (exact) mass is 225 g/mol. The van der Waals surface area contributed by atoms with Gasteiger partial charge in [0, 0.05) is 17.1 Å². The van der Waals surface area contributed by atoms with E-state index in [1.54, 1.807) is 18.3 Å². The topological polar surface area (TPSA) is 46.0 Å². The molecule has 2 aromatic heterocycles. The van der Waals surface area contributed by atoms with Gasteiger partial charge in [-0.1, -0.05) is 12.1 Å². The standard InChI is InChI=1S/C14H11NO2/c1-9-4-2-5-11-13(9)10(8-15-11)14(16)12-6-3-7-17-12/h2-8,15H,1H3. The molecule has 0 aliphatic rings. The third-order valence-electron chi connectivity index (χ3n) is 2.90. The number of aryl methyl sites for hydroxylation is 1. The van der Waals surface area contributed by atoms with Gasteiger partial charge in [0.15, 0.2) is 5.76 Å². The van der Waals surface area contributed by atoms with Crippen LogP contribution in [0.15, 0.2) is 47.2 Å². The van der Waals surface area contributed by atoms with Crippen LogP contribution in [0.1, 0.15) is 21.7 Å². The number of benzene rings is 1. The molecule has 0 fully saturated rings. The van der Waals surface area contributed by atoms with E-state index in [1.807, 2.05) is 25.1 Å². The molecule has 3 nitrogen and oxygen atoms in total. The largest absolute Gasteiger partial charge is 0.461 e. The Hall–Kier alpha value is -2.29. The first-order valence-corrected chi connectivity index (χ1v) is 5.42. The molecule has 0 aliphatic carbocycles. The molecule has 84 valence electrons. The predicted molar refractivity (Wildman–Crippen MR) is 65.2 cm³/mol. The van der Waals surface area contributed by atoms with Crippen LogP contribution in [0.5, 0.6) is 0 Å². The van der Waals surface area contributed by atoms with Crippen molar-refractivity contribution in [2.45, 2.75) is 6.92 Å². The van der Waals surface area contributed by atoms with Crippen LogP contribution >= 0.6 is 0 Å². The van der Waals surface area contributed by atoms with E-state index in [-0.39, 0.29) is 5.78 Å². The molecular formula is C14H11NO2. The number of ketones is 1. The zero-order valence-electron chi connectivity index (χ0n) is 9.36. The summed E-state index contributed by atoms with van der Waals surface area (Å²) < 4.78 is 5.14. The molecule has 0 saturated carbocycles. The Balaban J connectivity index is 2.22. The summed E-state index contributed by atoms with van der Waals surface area (Å²) in [5.74, 6) is 0.282. The molecule has 3 aromatic rings. The summed E-state index contributed by atoms with van der Waals surface area (Å²) >= 11 is 0. The number of aromatic amines is 1. The number of nitrogens with one attached hydrogen (secondary N) is 1. The number of rotatable bonds is 2. The summed E-state index contributed by atoms with van der Waals surface area (Å²) in [7, 11) is 0. The van der Waals surface area contributed by atoms with Crippen molar-refractivity contribution in [2.75, 3.05) is 0 Å². The average Bonchev–Trinajstić information content (AvgIpc) is 2.98. The van der Waals surface area contributed by atoms with E-state index in [4.69, 9.17) is 4.42 Å². The summed E-state index contributed by atoms with van der Waals surface area (Å²) in [5.41, 5.74) is 2.71. The van der Waals surface area contributed by atoms with Crippen molar-refractivity contribution in [1.82, 2.24) is 4.98 Å². The van der Waals surface area contributed by atoms with Gasteiger partial charge in [-0.2, -0.15) is 0 Å². The molecule has 0 saturated heterocycles. The van der Waals surface area contributed by atoms with Gasteiger partial charge in [0.2, 0.25) is 5.78 Å². The minimum absolute atomic E-state index is 0.0875. The van der Waals surface area contributed by atoms with Crippen LogP contribution in [0.4, 0.5) is 0 Å². The molecule has 1 N–H and O–H groups in total. The predicted octanol–water partition coefficient (Wildman–Crippen LogP) is 3.30. The molecule has 2 heterocycles. The zero-order chi connectivity index (χ0) is 11.8. The first kappa shape index (κ1) is 9.90. The lowest BCUT2D eigenvalue weighted by molar-refractivity contribution is 0.101. The van der Waals surface area contributed by atoms with E-state index >= 15 is 0 Å². The van der Waals surface area contributed by atoms with E-state index in [0.29, 0.717) is 11.3 Å². The third-order valence-corrected chi connectivity index (χ3v) is 2.90. The Morgan fingerprint density at radius 3 is 2.88 bits per heavy atom. The van der Waals surface area contributed by atoms with Gasteiger partial charge in [-0.05, 0) is 30.7 Å². The van der Waals surface area contributed by atoms with Crippen molar-refractivity contribution in [1.29, 1.82) is 0 Å². The van der Waals surface area contributed by atoms with E-state index in [9.17, 15) is 4.79 Å². The van der Waals surface area contributed by atoms with Crippen molar-refractivity contribution < 1.29 is 9.21 Å². The first-order chi connectivity index (χ1) is 8.27. The molecule has 3 rings (SSSR count). The molecule has 0 amide bonds. The summed E-state index contributed by atoms with van der Waals surface area (Å²) in [4.78, 5) is 15.3. The molecule has 3 heteroatoms. The number of carbonyl (C=O) groups is 1. The Bertz CT molecular complexity index is 677. The second-order valence-corrected chi connectivity index (χ2v) is 4.01. The summed E-state index contributed by atoms with van der Waals surface area (Å²) in [6, 6.07) is 9.32. The molecule has 0 spiro atoms. The van der Waals surface area contributed by atoms with Gasteiger partial charge in [-0.25, -0.2) is 0 Å². The van der Waals surface area contributed by atoms with Crippen LogP contribution in [0.25, 0.3) is 10.9 Å². The number of carbonyl (C=O) groups excluding carboxylic acids is 1. The van der Waals surface area contributed by atoms with Crippen molar-refractivity contribution in [2.24, 2.45) is 0 Å². The maximum atomic E-state index is 12.2. The molecule has 0 aliphatic heterocycles. The van der Waals surface area contributed by atoms with Gasteiger partial charge >= 0.3 is 0 Å². The number of furan rings is 1. The van der Waals surface area contributed by atoms with Crippen molar-refractivity contribution in [3.8, 4) is 0 Å². The molecule has 0 unspecified atom stereocenters. The van der Waals surface area contributed by atoms with Crippen molar-refractivity contribution in [3.63, 3.8) is 0 Å². The van der Waals surface area contributed by atoms with E-state index in [1.165, 1.54) is 6.26 Å². The fraction of sp³-hybridized carbons (Fsp3) is 0.0714. The lowest BCUT2D eigenvalue weighted by Crippen LogP contribution is -1.98. The maximum absolute atomic E-state index is 12.2. The SMILES string of the molecule is Cc1cccc2[nH]cc(C(=O)c3ccco3)c12. The van der Waals surface area contributed by atoms with Crippen LogP contribution in [0.2, 0.25) is 0 Å². The van der Waals surface area contributed by atoms with Gasteiger partial charge in [0.05, 0.1) is 11.8 Å². The van der Waals surface area contributed by atoms with Crippen molar-refractivity contribution >= 4 is 16.7 Å². The lowest BCUT2D eigenvalue weighted by Gasteiger charge is -1.99. The second-order valence-electron chi connectivity index (χ2n) is 4.01. The fourth-order valence-corrected chi connectivity index (χ4v) is 2.09. The highest BCUT2D eigenvalue weighted by molar-refractivity contribution is 6.15. The van der Waals surface area contributed by atoms with Crippen LogP contribution in [0.3, 0.4) is 0 Å². The Kier molecular flexibility index (Phi) is 2.11. The third kappa shape index (κ3) is 1.47. The summed E-state index contributed by atoms with van der Waals surface area (Å²) in [6.45, 7) is 2.00. The molecule has 0 bridgehead atoms. The normalized spacial score (nSPS) is 10.9. The maximum Gasteiger partial charge on any atom is 0.230 e. The first-order valence-electron chi connectivity index (χ1n) is 5.42. The van der Waals surface area contributed by atoms with E-state index < -0.39 is 0 Å². The molecule has 0 atom stereocenters. The van der Waals surface area contributed by atoms with Gasteiger partial charge < -0.3 is 9.40 Å². The van der Waals surface area contributed by atoms with Gasteiger partial charge in [-0.15, -0.1) is 0 Å². The van der Waals surface area contributed by atoms with Crippen LogP contribution in [0, 0.1) is 6.92 Å². The van der Waals surface area contributed by atoms with Crippen molar-refractivity contribution in [3.05, 3.63) is 59.7 Å². The Morgan fingerprint density at radius 1 is 1.24 bits per heavy atom. The molecular weight excluding hydrogens is 214 g/mol.